The fourth-order valence-corrected chi connectivity index (χ4v) is 2.35. The second-order valence-electron chi connectivity index (χ2n) is 4.03. The van der Waals surface area contributed by atoms with Crippen molar-refractivity contribution in [1.29, 1.82) is 0 Å². The van der Waals surface area contributed by atoms with E-state index in [0.29, 0.717) is 17.7 Å². The molecule has 0 aliphatic heterocycles. The molecular weight excluding hydrogens is 260 g/mol. The fraction of sp³-hybridized carbons (Fsp3) is 0.143. The van der Waals surface area contributed by atoms with E-state index < -0.39 is 5.91 Å². The highest BCUT2D eigenvalue weighted by molar-refractivity contribution is 7.09. The minimum absolute atomic E-state index is 0.146. The van der Waals surface area contributed by atoms with Gasteiger partial charge < -0.3 is 11.1 Å². The maximum atomic E-state index is 11.8. The largest absolute Gasteiger partial charge is 0.366 e. The molecule has 1 aromatic heterocycles. The van der Waals surface area contributed by atoms with Crippen LogP contribution in [-0.2, 0) is 6.42 Å². The number of nitrogens with two attached hydrogens (primary N) is 1. The quantitative estimate of drug-likeness (QED) is 0.873. The SMILES string of the molecule is NC(=O)c1ccc(C(=O)NCCc2cccs2)cc1. The highest BCUT2D eigenvalue weighted by atomic mass is 32.1. The van der Waals surface area contributed by atoms with Gasteiger partial charge in [0.25, 0.3) is 5.91 Å². The Kier molecular flexibility index (Phi) is 4.30. The first-order valence-electron chi connectivity index (χ1n) is 5.87. The Labute approximate surface area is 115 Å². The van der Waals surface area contributed by atoms with Crippen molar-refractivity contribution in [3.05, 3.63) is 57.8 Å². The summed E-state index contributed by atoms with van der Waals surface area (Å²) in [6.45, 7) is 0.594. The summed E-state index contributed by atoms with van der Waals surface area (Å²) in [6.07, 6.45) is 0.822. The molecule has 19 heavy (non-hydrogen) atoms. The van der Waals surface area contributed by atoms with Crippen LogP contribution in [0, 0.1) is 0 Å². The van der Waals surface area contributed by atoms with Crippen LogP contribution in [0.25, 0.3) is 0 Å². The lowest BCUT2D eigenvalue weighted by molar-refractivity contribution is 0.0951. The molecule has 0 radical (unpaired) electrons. The Bertz CT molecular complexity index is 562. The highest BCUT2D eigenvalue weighted by Crippen LogP contribution is 2.08. The van der Waals surface area contributed by atoms with Crippen molar-refractivity contribution in [1.82, 2.24) is 5.32 Å². The summed E-state index contributed by atoms with van der Waals surface area (Å²) in [5, 5.41) is 4.85. The van der Waals surface area contributed by atoms with E-state index in [9.17, 15) is 9.59 Å². The minimum Gasteiger partial charge on any atom is -0.366 e. The number of carbonyl (C=O) groups excluding carboxylic acids is 2. The molecule has 4 nitrogen and oxygen atoms in total. The number of carbonyl (C=O) groups is 2. The van der Waals surface area contributed by atoms with Crippen LogP contribution in [0.3, 0.4) is 0 Å². The van der Waals surface area contributed by atoms with E-state index in [2.05, 4.69) is 5.32 Å². The number of rotatable bonds is 5. The van der Waals surface area contributed by atoms with Crippen LogP contribution in [0.5, 0.6) is 0 Å². The van der Waals surface area contributed by atoms with Crippen LogP contribution in [-0.4, -0.2) is 18.4 Å². The predicted molar refractivity (Wildman–Crippen MR) is 75.3 cm³/mol. The maximum absolute atomic E-state index is 11.8. The van der Waals surface area contributed by atoms with Gasteiger partial charge in [0.05, 0.1) is 0 Å². The van der Waals surface area contributed by atoms with Gasteiger partial charge in [-0.15, -0.1) is 11.3 Å². The lowest BCUT2D eigenvalue weighted by atomic mass is 10.1. The van der Waals surface area contributed by atoms with Crippen LogP contribution in [0.1, 0.15) is 25.6 Å². The van der Waals surface area contributed by atoms with Gasteiger partial charge in [0.1, 0.15) is 0 Å². The van der Waals surface area contributed by atoms with Crippen molar-refractivity contribution >= 4 is 23.2 Å². The zero-order valence-corrected chi connectivity index (χ0v) is 11.1. The lowest BCUT2D eigenvalue weighted by Gasteiger charge is -2.04. The third kappa shape index (κ3) is 3.66. The van der Waals surface area contributed by atoms with Crippen molar-refractivity contribution in [2.75, 3.05) is 6.54 Å². The molecule has 0 unspecified atom stereocenters. The molecule has 0 spiro atoms. The molecule has 0 aliphatic carbocycles. The van der Waals surface area contributed by atoms with Gasteiger partial charge in [-0.05, 0) is 42.1 Å². The summed E-state index contributed by atoms with van der Waals surface area (Å²) in [5.74, 6) is -0.641. The molecular formula is C14H14N2O2S. The summed E-state index contributed by atoms with van der Waals surface area (Å²) < 4.78 is 0. The third-order valence-electron chi connectivity index (χ3n) is 2.67. The van der Waals surface area contributed by atoms with Gasteiger partial charge in [0.2, 0.25) is 5.91 Å². The first-order valence-corrected chi connectivity index (χ1v) is 6.75. The van der Waals surface area contributed by atoms with Crippen molar-refractivity contribution in [2.45, 2.75) is 6.42 Å². The molecule has 5 heteroatoms. The average Bonchev–Trinajstić information content (AvgIpc) is 2.92. The number of primary amides is 1. The molecule has 0 aliphatic rings. The molecule has 0 saturated carbocycles. The number of hydrogen-bond donors (Lipinski definition) is 2. The van der Waals surface area contributed by atoms with E-state index in [-0.39, 0.29) is 5.91 Å². The second-order valence-corrected chi connectivity index (χ2v) is 5.06. The molecule has 2 aromatic rings. The Morgan fingerprint density at radius 3 is 2.37 bits per heavy atom. The minimum atomic E-state index is -0.496. The molecule has 0 bridgehead atoms. The summed E-state index contributed by atoms with van der Waals surface area (Å²) in [5.41, 5.74) is 6.06. The lowest BCUT2D eigenvalue weighted by Crippen LogP contribution is -2.25. The Morgan fingerprint density at radius 1 is 1.11 bits per heavy atom. The van der Waals surface area contributed by atoms with E-state index in [1.807, 2.05) is 17.5 Å². The van der Waals surface area contributed by atoms with Gasteiger partial charge in [0, 0.05) is 22.5 Å². The molecule has 0 saturated heterocycles. The van der Waals surface area contributed by atoms with E-state index >= 15 is 0 Å². The van der Waals surface area contributed by atoms with Gasteiger partial charge in [0.15, 0.2) is 0 Å². The monoisotopic (exact) mass is 274 g/mol. The number of nitrogens with one attached hydrogen (secondary N) is 1. The molecule has 1 aromatic carbocycles. The zero-order valence-electron chi connectivity index (χ0n) is 10.3. The molecule has 0 fully saturated rings. The number of amides is 2. The van der Waals surface area contributed by atoms with Crippen LogP contribution in [0.15, 0.2) is 41.8 Å². The normalized spacial score (nSPS) is 10.1. The second kappa shape index (κ2) is 6.15. The number of thiophene rings is 1. The summed E-state index contributed by atoms with van der Waals surface area (Å²) in [7, 11) is 0. The van der Waals surface area contributed by atoms with Gasteiger partial charge in [-0.25, -0.2) is 0 Å². The molecule has 2 amide bonds. The van der Waals surface area contributed by atoms with Gasteiger partial charge >= 0.3 is 0 Å². The molecule has 2 rings (SSSR count). The summed E-state index contributed by atoms with van der Waals surface area (Å²) in [6, 6.07) is 10.3. The van der Waals surface area contributed by atoms with Crippen LogP contribution < -0.4 is 11.1 Å². The van der Waals surface area contributed by atoms with E-state index in [1.165, 1.54) is 4.88 Å². The Hall–Kier alpha value is -2.14. The van der Waals surface area contributed by atoms with Crippen LogP contribution in [0.4, 0.5) is 0 Å². The molecule has 1 heterocycles. The van der Waals surface area contributed by atoms with Crippen molar-refractivity contribution < 1.29 is 9.59 Å². The first kappa shape index (κ1) is 13.3. The highest BCUT2D eigenvalue weighted by Gasteiger charge is 2.06. The third-order valence-corrected chi connectivity index (χ3v) is 3.60. The molecule has 98 valence electrons. The fourth-order valence-electron chi connectivity index (χ4n) is 1.64. The zero-order chi connectivity index (χ0) is 13.7. The number of benzene rings is 1. The Balaban J connectivity index is 1.87. The smallest absolute Gasteiger partial charge is 0.251 e. The van der Waals surface area contributed by atoms with Crippen molar-refractivity contribution in [3.63, 3.8) is 0 Å². The van der Waals surface area contributed by atoms with E-state index in [1.54, 1.807) is 35.6 Å². The van der Waals surface area contributed by atoms with Gasteiger partial charge in [-0.2, -0.15) is 0 Å². The van der Waals surface area contributed by atoms with E-state index in [0.717, 1.165) is 6.42 Å². The predicted octanol–water partition coefficient (Wildman–Crippen LogP) is 1.82. The average molecular weight is 274 g/mol. The maximum Gasteiger partial charge on any atom is 0.251 e. The van der Waals surface area contributed by atoms with Crippen molar-refractivity contribution in [2.24, 2.45) is 5.73 Å². The van der Waals surface area contributed by atoms with E-state index in [4.69, 9.17) is 5.73 Å². The van der Waals surface area contributed by atoms with Gasteiger partial charge in [-0.3, -0.25) is 9.59 Å². The number of hydrogen-bond acceptors (Lipinski definition) is 3. The molecule has 0 atom stereocenters. The van der Waals surface area contributed by atoms with Gasteiger partial charge in [-0.1, -0.05) is 6.07 Å². The first-order chi connectivity index (χ1) is 9.16. The van der Waals surface area contributed by atoms with Crippen LogP contribution in [0.2, 0.25) is 0 Å². The molecule has 3 N–H and O–H groups in total. The van der Waals surface area contributed by atoms with Crippen molar-refractivity contribution in [3.8, 4) is 0 Å². The topological polar surface area (TPSA) is 72.2 Å². The standard InChI is InChI=1S/C14H14N2O2S/c15-13(17)10-3-5-11(6-4-10)14(18)16-8-7-12-2-1-9-19-12/h1-6,9H,7-8H2,(H2,15,17)(H,16,18). The summed E-state index contributed by atoms with van der Waals surface area (Å²) >= 11 is 1.67. The Morgan fingerprint density at radius 2 is 1.79 bits per heavy atom. The van der Waals surface area contributed by atoms with Crippen LogP contribution >= 0.6 is 11.3 Å². The summed E-state index contributed by atoms with van der Waals surface area (Å²) in [4.78, 5) is 24.0.